The molecule has 0 radical (unpaired) electrons. The van der Waals surface area contributed by atoms with E-state index in [0.29, 0.717) is 11.1 Å². The molecule has 0 aliphatic rings. The van der Waals surface area contributed by atoms with Crippen LogP contribution in [0.5, 0.6) is 0 Å². The Morgan fingerprint density at radius 2 is 1.20 bits per heavy atom. The lowest BCUT2D eigenvalue weighted by Crippen LogP contribution is -2.34. The molecule has 0 aromatic heterocycles. The minimum Gasteiger partial charge on any atom is -0.285 e. The van der Waals surface area contributed by atoms with E-state index in [2.05, 4.69) is 0 Å². The van der Waals surface area contributed by atoms with Crippen molar-refractivity contribution in [3.8, 4) is 22.3 Å². The minimum absolute atomic E-state index is 0.388. The lowest BCUT2D eigenvalue weighted by molar-refractivity contribution is 1.38. The number of benzene rings is 2. The van der Waals surface area contributed by atoms with Gasteiger partial charge in [-0.05, 0) is 29.5 Å². The van der Waals surface area contributed by atoms with Crippen LogP contribution < -0.4 is 10.9 Å². The standard InChI is InChI=1S/C17H12O2S/c1-20-13-9-7-12(8-10-13)15-14(16(18)17(15)19)11-5-3-2-4-6-11/h2-10H,1H3. The molecular formula is C17H12O2S. The first kappa shape index (κ1) is 12.9. The Morgan fingerprint density at radius 3 is 1.70 bits per heavy atom. The van der Waals surface area contributed by atoms with Crippen LogP contribution in [0.3, 0.4) is 0 Å². The molecule has 3 aromatic carbocycles. The Labute approximate surface area is 120 Å². The summed E-state index contributed by atoms with van der Waals surface area (Å²) in [5, 5.41) is 0. The van der Waals surface area contributed by atoms with E-state index in [4.69, 9.17) is 0 Å². The Bertz CT molecular complexity index is 810. The van der Waals surface area contributed by atoms with E-state index < -0.39 is 0 Å². The van der Waals surface area contributed by atoms with E-state index in [0.717, 1.165) is 16.0 Å². The Balaban J connectivity index is 2.13. The molecule has 0 amide bonds. The van der Waals surface area contributed by atoms with Crippen molar-refractivity contribution < 1.29 is 0 Å². The normalized spacial score (nSPS) is 10.8. The Hall–Kier alpha value is -2.13. The number of rotatable bonds is 3. The molecule has 0 saturated carbocycles. The lowest BCUT2D eigenvalue weighted by atomic mass is 9.89. The van der Waals surface area contributed by atoms with Gasteiger partial charge in [-0.3, -0.25) is 9.59 Å². The van der Waals surface area contributed by atoms with Gasteiger partial charge in [0.2, 0.25) is 10.9 Å². The van der Waals surface area contributed by atoms with E-state index in [1.165, 1.54) is 0 Å². The van der Waals surface area contributed by atoms with Crippen LogP contribution in [0.15, 0.2) is 69.1 Å². The third kappa shape index (κ3) is 2.00. The first-order chi connectivity index (χ1) is 9.72. The molecule has 3 aromatic rings. The fraction of sp³-hybridized carbons (Fsp3) is 0.0588. The Morgan fingerprint density at radius 1 is 0.700 bits per heavy atom. The fourth-order valence-corrected chi connectivity index (χ4v) is 2.71. The summed E-state index contributed by atoms with van der Waals surface area (Å²) >= 11 is 1.65. The van der Waals surface area contributed by atoms with Crippen LogP contribution >= 0.6 is 11.8 Å². The molecule has 0 aliphatic heterocycles. The average Bonchev–Trinajstić information content (AvgIpc) is 2.52. The van der Waals surface area contributed by atoms with Crippen LogP contribution in [0.2, 0.25) is 0 Å². The molecule has 0 bridgehead atoms. The van der Waals surface area contributed by atoms with E-state index in [1.807, 2.05) is 60.9 Å². The third-order valence-electron chi connectivity index (χ3n) is 3.35. The summed E-state index contributed by atoms with van der Waals surface area (Å²) < 4.78 is 0. The minimum atomic E-state index is -0.389. The highest BCUT2D eigenvalue weighted by atomic mass is 32.2. The summed E-state index contributed by atoms with van der Waals surface area (Å²) in [6, 6.07) is 17.1. The topological polar surface area (TPSA) is 34.1 Å². The van der Waals surface area contributed by atoms with Gasteiger partial charge in [0, 0.05) is 16.0 Å². The molecule has 3 rings (SSSR count). The van der Waals surface area contributed by atoms with Gasteiger partial charge in [0.25, 0.3) is 0 Å². The monoisotopic (exact) mass is 280 g/mol. The van der Waals surface area contributed by atoms with E-state index in [9.17, 15) is 9.59 Å². The van der Waals surface area contributed by atoms with Crippen molar-refractivity contribution in [2.45, 2.75) is 4.90 Å². The molecule has 0 atom stereocenters. The van der Waals surface area contributed by atoms with Gasteiger partial charge < -0.3 is 0 Å². The Kier molecular flexibility index (Phi) is 3.28. The molecule has 2 nitrogen and oxygen atoms in total. The van der Waals surface area contributed by atoms with Crippen molar-refractivity contribution >= 4 is 11.8 Å². The lowest BCUT2D eigenvalue weighted by Gasteiger charge is -2.11. The van der Waals surface area contributed by atoms with Crippen molar-refractivity contribution in [3.63, 3.8) is 0 Å². The van der Waals surface area contributed by atoms with Crippen LogP contribution in [0.1, 0.15) is 0 Å². The average molecular weight is 280 g/mol. The number of hydrogen-bond acceptors (Lipinski definition) is 3. The maximum Gasteiger partial charge on any atom is 0.234 e. The number of hydrogen-bond donors (Lipinski definition) is 0. The largest absolute Gasteiger partial charge is 0.285 e. The summed E-state index contributed by atoms with van der Waals surface area (Å²) in [5.74, 6) is 0. The first-order valence-corrected chi connectivity index (χ1v) is 7.48. The molecule has 0 N–H and O–H groups in total. The molecule has 20 heavy (non-hydrogen) atoms. The summed E-state index contributed by atoms with van der Waals surface area (Å²) in [5.41, 5.74) is 1.91. The fourth-order valence-electron chi connectivity index (χ4n) is 2.30. The van der Waals surface area contributed by atoms with Crippen molar-refractivity contribution in [1.82, 2.24) is 0 Å². The molecule has 0 aliphatic carbocycles. The van der Waals surface area contributed by atoms with Gasteiger partial charge in [-0.15, -0.1) is 11.8 Å². The molecule has 3 heteroatoms. The van der Waals surface area contributed by atoms with Crippen LogP contribution in [0.25, 0.3) is 22.3 Å². The summed E-state index contributed by atoms with van der Waals surface area (Å²) in [6.45, 7) is 0. The molecule has 0 spiro atoms. The van der Waals surface area contributed by atoms with Gasteiger partial charge in [0.1, 0.15) is 0 Å². The van der Waals surface area contributed by atoms with Gasteiger partial charge in [-0.25, -0.2) is 0 Å². The zero-order valence-corrected chi connectivity index (χ0v) is 11.7. The zero-order valence-electron chi connectivity index (χ0n) is 10.9. The molecule has 0 saturated heterocycles. The second-order valence-corrected chi connectivity index (χ2v) is 5.38. The predicted octanol–water partition coefficient (Wildman–Crippen LogP) is 3.34. The van der Waals surface area contributed by atoms with Crippen molar-refractivity contribution in [1.29, 1.82) is 0 Å². The highest BCUT2D eigenvalue weighted by Gasteiger charge is 2.22. The van der Waals surface area contributed by atoms with Crippen LogP contribution in [0.4, 0.5) is 0 Å². The highest BCUT2D eigenvalue weighted by molar-refractivity contribution is 7.98. The van der Waals surface area contributed by atoms with Gasteiger partial charge in [0.15, 0.2) is 0 Å². The van der Waals surface area contributed by atoms with Crippen LogP contribution in [-0.2, 0) is 0 Å². The maximum absolute atomic E-state index is 11.9. The van der Waals surface area contributed by atoms with Gasteiger partial charge in [-0.2, -0.15) is 0 Å². The molecule has 0 unspecified atom stereocenters. The van der Waals surface area contributed by atoms with E-state index >= 15 is 0 Å². The molecule has 98 valence electrons. The highest BCUT2D eigenvalue weighted by Crippen LogP contribution is 2.29. The zero-order chi connectivity index (χ0) is 14.1. The van der Waals surface area contributed by atoms with Gasteiger partial charge in [0.05, 0.1) is 0 Å². The predicted molar refractivity (Wildman–Crippen MR) is 84.0 cm³/mol. The smallest absolute Gasteiger partial charge is 0.234 e. The second kappa shape index (κ2) is 5.10. The quantitative estimate of drug-likeness (QED) is 0.545. The van der Waals surface area contributed by atoms with Gasteiger partial charge in [-0.1, -0.05) is 42.5 Å². The second-order valence-electron chi connectivity index (χ2n) is 4.50. The summed E-state index contributed by atoms with van der Waals surface area (Å²) in [4.78, 5) is 24.9. The van der Waals surface area contributed by atoms with E-state index in [-0.39, 0.29) is 10.9 Å². The number of thioether (sulfide) groups is 1. The maximum atomic E-state index is 11.9. The molecule has 0 fully saturated rings. The summed E-state index contributed by atoms with van der Waals surface area (Å²) in [7, 11) is 0. The summed E-state index contributed by atoms with van der Waals surface area (Å²) in [6.07, 6.45) is 2.00. The third-order valence-corrected chi connectivity index (χ3v) is 4.10. The first-order valence-electron chi connectivity index (χ1n) is 6.25. The van der Waals surface area contributed by atoms with Gasteiger partial charge >= 0.3 is 0 Å². The van der Waals surface area contributed by atoms with Crippen molar-refractivity contribution in [3.05, 3.63) is 75.0 Å². The van der Waals surface area contributed by atoms with Crippen LogP contribution in [0, 0.1) is 0 Å². The van der Waals surface area contributed by atoms with Crippen LogP contribution in [-0.4, -0.2) is 6.26 Å². The van der Waals surface area contributed by atoms with Crippen molar-refractivity contribution in [2.24, 2.45) is 0 Å². The SMILES string of the molecule is CSc1ccc(-c2c(-c3ccccc3)c(=O)c2=O)cc1. The van der Waals surface area contributed by atoms with Crippen molar-refractivity contribution in [2.75, 3.05) is 6.26 Å². The molecular weight excluding hydrogens is 268 g/mol. The van der Waals surface area contributed by atoms with E-state index in [1.54, 1.807) is 11.8 Å². The molecule has 0 heterocycles.